The van der Waals surface area contributed by atoms with Crippen molar-refractivity contribution < 1.29 is 23.9 Å². The van der Waals surface area contributed by atoms with Crippen molar-refractivity contribution in [1.82, 2.24) is 10.6 Å². The largest absolute Gasteiger partial charge is 0.460 e. The maximum atomic E-state index is 11.6. The van der Waals surface area contributed by atoms with Gasteiger partial charge in [-0.15, -0.1) is 0 Å². The fourth-order valence-corrected chi connectivity index (χ4v) is 1.64. The summed E-state index contributed by atoms with van der Waals surface area (Å²) in [5, 5.41) is 5.03. The second-order valence-electron chi connectivity index (χ2n) is 6.14. The van der Waals surface area contributed by atoms with Gasteiger partial charge in [0.1, 0.15) is 12.2 Å². The van der Waals surface area contributed by atoms with Gasteiger partial charge in [0.15, 0.2) is 5.78 Å². The second kappa shape index (κ2) is 9.67. The molecule has 24 heavy (non-hydrogen) atoms. The van der Waals surface area contributed by atoms with Crippen LogP contribution < -0.4 is 10.6 Å². The summed E-state index contributed by atoms with van der Waals surface area (Å²) >= 11 is 0. The molecule has 1 aromatic carbocycles. The molecule has 0 bridgehead atoms. The van der Waals surface area contributed by atoms with Gasteiger partial charge >= 0.3 is 12.1 Å². The lowest BCUT2D eigenvalue weighted by Crippen LogP contribution is -2.39. The smallest absolute Gasteiger partial charge is 0.408 e. The summed E-state index contributed by atoms with van der Waals surface area (Å²) in [5.41, 5.74) is 0.275. The highest BCUT2D eigenvalue weighted by atomic mass is 16.6. The number of amides is 1. The molecule has 1 rings (SSSR count). The fourth-order valence-electron chi connectivity index (χ4n) is 1.64. The van der Waals surface area contributed by atoms with Gasteiger partial charge in [0.2, 0.25) is 0 Å². The number of alkyl carbamates (subject to hydrolysis) is 1. The van der Waals surface area contributed by atoms with Crippen LogP contribution in [0, 0.1) is 0 Å². The van der Waals surface area contributed by atoms with Crippen LogP contribution in [0.1, 0.15) is 26.3 Å². The van der Waals surface area contributed by atoms with E-state index in [4.69, 9.17) is 9.47 Å². The van der Waals surface area contributed by atoms with E-state index in [1.54, 1.807) is 20.8 Å². The van der Waals surface area contributed by atoms with Crippen LogP contribution in [-0.2, 0) is 25.7 Å². The van der Waals surface area contributed by atoms with Gasteiger partial charge in [-0.1, -0.05) is 30.3 Å². The minimum atomic E-state index is -0.655. The highest BCUT2D eigenvalue weighted by Crippen LogP contribution is 2.06. The van der Waals surface area contributed by atoms with Gasteiger partial charge in [-0.25, -0.2) is 4.79 Å². The van der Waals surface area contributed by atoms with Crippen molar-refractivity contribution in [2.24, 2.45) is 0 Å². The van der Waals surface area contributed by atoms with Gasteiger partial charge < -0.3 is 14.8 Å². The van der Waals surface area contributed by atoms with Crippen LogP contribution in [-0.4, -0.2) is 43.1 Å². The normalized spacial score (nSPS) is 10.8. The Hall–Kier alpha value is -2.41. The molecule has 0 aromatic heterocycles. The topological polar surface area (TPSA) is 93.7 Å². The van der Waals surface area contributed by atoms with Gasteiger partial charge in [0, 0.05) is 0 Å². The van der Waals surface area contributed by atoms with Crippen molar-refractivity contribution in [2.45, 2.75) is 33.0 Å². The van der Waals surface area contributed by atoms with E-state index in [-0.39, 0.29) is 32.0 Å². The minimum absolute atomic E-state index is 0.0454. The molecule has 1 amide bonds. The van der Waals surface area contributed by atoms with Gasteiger partial charge in [0.25, 0.3) is 0 Å². The fraction of sp³-hybridized carbons (Fsp3) is 0.471. The summed E-state index contributed by atoms with van der Waals surface area (Å²) in [4.78, 5) is 34.5. The predicted molar refractivity (Wildman–Crippen MR) is 88.4 cm³/mol. The molecule has 1 aromatic rings. The van der Waals surface area contributed by atoms with E-state index in [1.165, 1.54) is 0 Å². The molecule has 7 nitrogen and oxygen atoms in total. The van der Waals surface area contributed by atoms with E-state index >= 15 is 0 Å². The number of ketones is 1. The quantitative estimate of drug-likeness (QED) is 0.697. The van der Waals surface area contributed by atoms with Crippen LogP contribution >= 0.6 is 0 Å². The zero-order valence-corrected chi connectivity index (χ0v) is 14.3. The molecule has 0 heterocycles. The standard InChI is InChI=1S/C17H24N2O5/c1-17(2,3)24-16(22)19-10-14(20)9-18-11-15(21)23-12-13-7-5-4-6-8-13/h4-8,18H,9-12H2,1-3H3,(H,19,22). The molecule has 0 aliphatic heterocycles. The van der Waals surface area contributed by atoms with Crippen LogP contribution in [0.2, 0.25) is 0 Å². The summed E-state index contributed by atoms with van der Waals surface area (Å²) in [7, 11) is 0. The molecule has 0 radical (unpaired) electrons. The number of hydrogen-bond acceptors (Lipinski definition) is 6. The maximum absolute atomic E-state index is 11.6. The average molecular weight is 336 g/mol. The molecule has 7 heteroatoms. The number of benzene rings is 1. The van der Waals surface area contributed by atoms with Crippen molar-refractivity contribution in [3.63, 3.8) is 0 Å². The first-order valence-corrected chi connectivity index (χ1v) is 7.65. The monoisotopic (exact) mass is 336 g/mol. The molecule has 0 spiro atoms. The van der Waals surface area contributed by atoms with Crippen LogP contribution in [0.4, 0.5) is 4.79 Å². The van der Waals surface area contributed by atoms with E-state index in [0.29, 0.717) is 0 Å². The summed E-state index contributed by atoms with van der Waals surface area (Å²) in [6, 6.07) is 9.30. The lowest BCUT2D eigenvalue weighted by atomic mass is 10.2. The zero-order chi connectivity index (χ0) is 18.0. The van der Waals surface area contributed by atoms with Crippen molar-refractivity contribution in [3.05, 3.63) is 35.9 Å². The third kappa shape index (κ3) is 9.58. The van der Waals surface area contributed by atoms with E-state index in [2.05, 4.69) is 10.6 Å². The zero-order valence-electron chi connectivity index (χ0n) is 14.3. The highest BCUT2D eigenvalue weighted by molar-refractivity contribution is 5.86. The molecule has 0 aliphatic rings. The Bertz CT molecular complexity index is 552. The molecule has 0 atom stereocenters. The number of hydrogen-bond donors (Lipinski definition) is 2. The Kier molecular flexibility index (Phi) is 7.91. The van der Waals surface area contributed by atoms with Crippen LogP contribution in [0.15, 0.2) is 30.3 Å². The summed E-state index contributed by atoms with van der Waals surface area (Å²) in [6.45, 7) is 5.10. The average Bonchev–Trinajstić information content (AvgIpc) is 2.50. The highest BCUT2D eigenvalue weighted by Gasteiger charge is 2.16. The van der Waals surface area contributed by atoms with Crippen LogP contribution in [0.25, 0.3) is 0 Å². The van der Waals surface area contributed by atoms with E-state index in [9.17, 15) is 14.4 Å². The number of rotatable bonds is 8. The Morgan fingerprint density at radius 2 is 1.67 bits per heavy atom. The Labute approximate surface area is 141 Å². The molecular weight excluding hydrogens is 312 g/mol. The third-order valence-electron chi connectivity index (χ3n) is 2.66. The first-order valence-electron chi connectivity index (χ1n) is 7.65. The molecule has 132 valence electrons. The maximum Gasteiger partial charge on any atom is 0.408 e. The van der Waals surface area contributed by atoms with Crippen molar-refractivity contribution in [1.29, 1.82) is 0 Å². The molecule has 0 fully saturated rings. The van der Waals surface area contributed by atoms with Crippen molar-refractivity contribution in [3.8, 4) is 0 Å². The lowest BCUT2D eigenvalue weighted by molar-refractivity contribution is -0.143. The number of ether oxygens (including phenoxy) is 2. The van der Waals surface area contributed by atoms with E-state index < -0.39 is 17.7 Å². The van der Waals surface area contributed by atoms with Crippen LogP contribution in [0.3, 0.4) is 0 Å². The molecule has 0 aliphatic carbocycles. The number of Topliss-reactive ketones (excluding diaryl/α,β-unsaturated/α-hetero) is 1. The molecule has 0 unspecified atom stereocenters. The lowest BCUT2D eigenvalue weighted by Gasteiger charge is -2.19. The van der Waals surface area contributed by atoms with Gasteiger partial charge in [-0.05, 0) is 26.3 Å². The predicted octanol–water partition coefficient (Wildman–Crippen LogP) is 1.41. The molecular formula is C17H24N2O5. The first-order chi connectivity index (χ1) is 11.3. The molecule has 0 saturated heterocycles. The van der Waals surface area contributed by atoms with Crippen LogP contribution in [0.5, 0.6) is 0 Å². The summed E-state index contributed by atoms with van der Waals surface area (Å²) < 4.78 is 10.1. The number of nitrogens with one attached hydrogen (secondary N) is 2. The molecule has 0 saturated carbocycles. The summed E-state index contributed by atoms with van der Waals surface area (Å²) in [5.74, 6) is -0.719. The van der Waals surface area contributed by atoms with Crippen molar-refractivity contribution >= 4 is 17.8 Å². The second-order valence-corrected chi connectivity index (χ2v) is 6.14. The Balaban J connectivity index is 2.12. The number of carbonyl (C=O) groups is 3. The van der Waals surface area contributed by atoms with Gasteiger partial charge in [-0.3, -0.25) is 14.9 Å². The molecule has 2 N–H and O–H groups in total. The van der Waals surface area contributed by atoms with Crippen molar-refractivity contribution in [2.75, 3.05) is 19.6 Å². The number of carbonyl (C=O) groups excluding carboxylic acids is 3. The Morgan fingerprint density at radius 1 is 1.00 bits per heavy atom. The Morgan fingerprint density at radius 3 is 2.29 bits per heavy atom. The third-order valence-corrected chi connectivity index (χ3v) is 2.66. The summed E-state index contributed by atoms with van der Waals surface area (Å²) in [6.07, 6.45) is -0.655. The minimum Gasteiger partial charge on any atom is -0.460 e. The van der Waals surface area contributed by atoms with E-state index in [0.717, 1.165) is 5.56 Å². The first kappa shape index (κ1) is 19.6. The van der Waals surface area contributed by atoms with E-state index in [1.807, 2.05) is 30.3 Å². The SMILES string of the molecule is CC(C)(C)OC(=O)NCC(=O)CNCC(=O)OCc1ccccc1. The number of esters is 1. The van der Waals surface area contributed by atoms with Gasteiger partial charge in [0.05, 0.1) is 19.6 Å². The van der Waals surface area contributed by atoms with Gasteiger partial charge in [-0.2, -0.15) is 0 Å².